The lowest BCUT2D eigenvalue weighted by Gasteiger charge is -2.30. The zero-order valence-electron chi connectivity index (χ0n) is 14.4. The van der Waals surface area contributed by atoms with E-state index < -0.39 is 17.4 Å². The number of benzene rings is 1. The van der Waals surface area contributed by atoms with Gasteiger partial charge in [0, 0.05) is 18.2 Å². The van der Waals surface area contributed by atoms with E-state index in [1.54, 1.807) is 25.1 Å². The molecule has 0 spiro atoms. The summed E-state index contributed by atoms with van der Waals surface area (Å²) in [6, 6.07) is 6.21. The molecule has 1 aliphatic carbocycles. The molecular weight excluding hydrogens is 341 g/mol. The highest BCUT2D eigenvalue weighted by molar-refractivity contribution is 8.13. The first kappa shape index (κ1) is 19.2. The molecule has 1 unspecified atom stereocenters. The number of hydrogen-bond acceptors (Lipinski definition) is 4. The van der Waals surface area contributed by atoms with Gasteiger partial charge in [-0.2, -0.15) is 0 Å². The monoisotopic (exact) mass is 363 g/mol. The molecule has 6 heteroatoms. The molecular formula is C19H22FNO3S. The Morgan fingerprint density at radius 1 is 1.32 bits per heavy atom. The van der Waals surface area contributed by atoms with E-state index in [9.17, 15) is 14.0 Å². The highest BCUT2D eigenvalue weighted by Gasteiger charge is 2.32. The maximum Gasteiger partial charge on any atom is 0.408 e. The highest BCUT2D eigenvalue weighted by atomic mass is 32.2. The van der Waals surface area contributed by atoms with E-state index in [1.807, 2.05) is 18.2 Å². The first-order chi connectivity index (χ1) is 11.9. The van der Waals surface area contributed by atoms with E-state index in [0.717, 1.165) is 30.2 Å². The molecule has 0 radical (unpaired) electrons. The number of rotatable bonds is 6. The number of amides is 1. The van der Waals surface area contributed by atoms with Gasteiger partial charge in [0.25, 0.3) is 0 Å². The summed E-state index contributed by atoms with van der Waals surface area (Å²) in [6.45, 7) is 3.28. The van der Waals surface area contributed by atoms with Crippen LogP contribution in [0.3, 0.4) is 0 Å². The standard InChI is InChI=1S/C19H22FNO3S/c1-14(22)25-13-19(2,16-10-6-7-11-17(16)20)21-18(23)24-12-15-8-4-3-5-9-15/h4,6-11H,3,5,12-13H2,1-2H3,(H,21,23). The van der Waals surface area contributed by atoms with Crippen molar-refractivity contribution < 1.29 is 18.7 Å². The molecule has 0 aromatic heterocycles. The third-order valence-corrected chi connectivity index (χ3v) is 4.98. The minimum absolute atomic E-state index is 0.102. The Morgan fingerprint density at radius 3 is 2.72 bits per heavy atom. The maximum absolute atomic E-state index is 14.2. The minimum Gasteiger partial charge on any atom is -0.445 e. The smallest absolute Gasteiger partial charge is 0.408 e. The van der Waals surface area contributed by atoms with Crippen LogP contribution in [0.25, 0.3) is 0 Å². The van der Waals surface area contributed by atoms with Gasteiger partial charge in [-0.25, -0.2) is 9.18 Å². The summed E-state index contributed by atoms with van der Waals surface area (Å²) < 4.78 is 19.5. The van der Waals surface area contributed by atoms with E-state index in [2.05, 4.69) is 5.32 Å². The second kappa shape index (κ2) is 8.85. The third kappa shape index (κ3) is 5.74. The fourth-order valence-corrected chi connectivity index (χ4v) is 3.24. The average molecular weight is 363 g/mol. The summed E-state index contributed by atoms with van der Waals surface area (Å²) in [7, 11) is 0. The summed E-state index contributed by atoms with van der Waals surface area (Å²) in [5, 5.41) is 2.62. The second-order valence-electron chi connectivity index (χ2n) is 6.05. The van der Waals surface area contributed by atoms with Gasteiger partial charge in [-0.3, -0.25) is 4.79 Å². The van der Waals surface area contributed by atoms with Gasteiger partial charge in [-0.05, 0) is 31.4 Å². The van der Waals surface area contributed by atoms with Crippen molar-refractivity contribution in [3.8, 4) is 0 Å². The van der Waals surface area contributed by atoms with Crippen LogP contribution in [0, 0.1) is 5.82 Å². The van der Waals surface area contributed by atoms with Crippen LogP contribution in [0.5, 0.6) is 0 Å². The summed E-state index contributed by atoms with van der Waals surface area (Å²) in [6.07, 6.45) is 7.26. The largest absolute Gasteiger partial charge is 0.445 e. The highest BCUT2D eigenvalue weighted by Crippen LogP contribution is 2.28. The molecule has 1 atom stereocenters. The number of thioether (sulfide) groups is 1. The van der Waals surface area contributed by atoms with E-state index in [4.69, 9.17) is 4.74 Å². The van der Waals surface area contributed by atoms with Gasteiger partial charge < -0.3 is 10.1 Å². The fourth-order valence-electron chi connectivity index (χ4n) is 2.52. The van der Waals surface area contributed by atoms with Gasteiger partial charge in [-0.15, -0.1) is 0 Å². The fraction of sp³-hybridized carbons (Fsp3) is 0.368. The number of nitrogens with one attached hydrogen (secondary N) is 1. The Bertz CT molecular complexity index is 702. The van der Waals surface area contributed by atoms with E-state index in [0.29, 0.717) is 5.56 Å². The van der Waals surface area contributed by atoms with Crippen LogP contribution in [0.15, 0.2) is 48.1 Å². The number of ether oxygens (including phenoxy) is 1. The number of alkyl carbamates (subject to hydrolysis) is 1. The van der Waals surface area contributed by atoms with Crippen molar-refractivity contribution in [3.05, 3.63) is 59.4 Å². The quantitative estimate of drug-likeness (QED) is 0.818. The summed E-state index contributed by atoms with van der Waals surface area (Å²) >= 11 is 1.03. The summed E-state index contributed by atoms with van der Waals surface area (Å²) in [5.74, 6) is -0.228. The number of allylic oxidation sites excluding steroid dienone is 2. The molecule has 1 amide bonds. The number of hydrogen-bond donors (Lipinski definition) is 1. The van der Waals surface area contributed by atoms with Crippen LogP contribution >= 0.6 is 11.8 Å². The van der Waals surface area contributed by atoms with E-state index in [-0.39, 0.29) is 17.5 Å². The predicted molar refractivity (Wildman–Crippen MR) is 97.8 cm³/mol. The zero-order chi connectivity index (χ0) is 18.3. The van der Waals surface area contributed by atoms with Gasteiger partial charge in [-0.1, -0.05) is 48.2 Å². The molecule has 1 N–H and O–H groups in total. The van der Waals surface area contributed by atoms with Crippen molar-refractivity contribution in [1.29, 1.82) is 0 Å². The molecule has 0 fully saturated rings. The van der Waals surface area contributed by atoms with Crippen LogP contribution in [-0.2, 0) is 15.1 Å². The molecule has 2 rings (SSSR count). The Morgan fingerprint density at radius 2 is 2.08 bits per heavy atom. The topological polar surface area (TPSA) is 55.4 Å². The van der Waals surface area contributed by atoms with Crippen molar-refractivity contribution in [1.82, 2.24) is 5.32 Å². The molecule has 134 valence electrons. The minimum atomic E-state index is -1.06. The lowest BCUT2D eigenvalue weighted by atomic mass is 9.93. The van der Waals surface area contributed by atoms with Gasteiger partial charge in [0.05, 0.1) is 5.54 Å². The SMILES string of the molecule is CC(=O)SCC(C)(NC(=O)OCC1=CCCC=C1)c1ccccc1F. The zero-order valence-corrected chi connectivity index (χ0v) is 15.2. The molecule has 1 aromatic rings. The van der Waals surface area contributed by atoms with Crippen LogP contribution < -0.4 is 5.32 Å². The molecule has 0 bridgehead atoms. The Hall–Kier alpha value is -2.08. The Labute approximate surface area is 151 Å². The number of halogens is 1. The first-order valence-electron chi connectivity index (χ1n) is 8.09. The molecule has 4 nitrogen and oxygen atoms in total. The molecule has 25 heavy (non-hydrogen) atoms. The lowest BCUT2D eigenvalue weighted by molar-refractivity contribution is -0.109. The van der Waals surface area contributed by atoms with Crippen LogP contribution in [0.2, 0.25) is 0 Å². The van der Waals surface area contributed by atoms with Crippen molar-refractivity contribution in [2.75, 3.05) is 12.4 Å². The molecule has 0 aliphatic heterocycles. The molecule has 0 saturated carbocycles. The molecule has 0 saturated heterocycles. The van der Waals surface area contributed by atoms with Gasteiger partial charge in [0.1, 0.15) is 12.4 Å². The molecule has 1 aliphatic rings. The van der Waals surface area contributed by atoms with Gasteiger partial charge in [0.15, 0.2) is 5.12 Å². The van der Waals surface area contributed by atoms with Crippen LogP contribution in [0.4, 0.5) is 9.18 Å². The average Bonchev–Trinajstić information content (AvgIpc) is 2.59. The molecule has 0 heterocycles. The van der Waals surface area contributed by atoms with Crippen molar-refractivity contribution in [3.63, 3.8) is 0 Å². The van der Waals surface area contributed by atoms with Gasteiger partial charge >= 0.3 is 6.09 Å². The first-order valence-corrected chi connectivity index (χ1v) is 9.08. The maximum atomic E-state index is 14.2. The third-order valence-electron chi connectivity index (χ3n) is 3.85. The van der Waals surface area contributed by atoms with E-state index >= 15 is 0 Å². The number of carbonyl (C=O) groups is 2. The molecule has 1 aromatic carbocycles. The van der Waals surface area contributed by atoms with Crippen LogP contribution in [-0.4, -0.2) is 23.6 Å². The Balaban J connectivity index is 2.08. The van der Waals surface area contributed by atoms with Crippen molar-refractivity contribution >= 4 is 23.0 Å². The normalized spacial score (nSPS) is 15.9. The van der Waals surface area contributed by atoms with E-state index in [1.165, 1.54) is 13.0 Å². The predicted octanol–water partition coefficient (Wildman–Crippen LogP) is 4.32. The van der Waals surface area contributed by atoms with Crippen molar-refractivity contribution in [2.45, 2.75) is 32.2 Å². The Kier molecular flexibility index (Phi) is 6.82. The van der Waals surface area contributed by atoms with Crippen LogP contribution in [0.1, 0.15) is 32.3 Å². The second-order valence-corrected chi connectivity index (χ2v) is 7.20. The van der Waals surface area contributed by atoms with Crippen molar-refractivity contribution in [2.24, 2.45) is 0 Å². The summed E-state index contributed by atoms with van der Waals surface area (Å²) in [5.41, 5.74) is 0.194. The van der Waals surface area contributed by atoms with Gasteiger partial charge in [0.2, 0.25) is 0 Å². The lowest BCUT2D eigenvalue weighted by Crippen LogP contribution is -2.46. The summed E-state index contributed by atoms with van der Waals surface area (Å²) in [4.78, 5) is 23.6. The number of carbonyl (C=O) groups excluding carboxylic acids is 2.